The Hall–Kier alpha value is -4.19. The van der Waals surface area contributed by atoms with Gasteiger partial charge in [-0.3, -0.25) is 0 Å². The molecule has 1 atom stereocenters. The number of nitrogens with two attached hydrogens (primary N) is 1. The Morgan fingerprint density at radius 2 is 2.09 bits per heavy atom. The smallest absolute Gasteiger partial charge is 0.318 e. The third-order valence-corrected chi connectivity index (χ3v) is 4.75. The number of hydrogen-bond donors (Lipinski definition) is 2. The summed E-state index contributed by atoms with van der Waals surface area (Å²) in [6.07, 6.45) is 3.98. The molecule has 8 nitrogen and oxygen atoms in total. The average molecular weight is 438 g/mol. The van der Waals surface area contributed by atoms with Crippen LogP contribution in [0.5, 0.6) is 6.01 Å². The van der Waals surface area contributed by atoms with Crippen LogP contribution in [-0.2, 0) is 0 Å². The van der Waals surface area contributed by atoms with Crippen LogP contribution in [0, 0.1) is 17.7 Å². The van der Waals surface area contributed by atoms with Gasteiger partial charge in [-0.05, 0) is 37.6 Å². The van der Waals surface area contributed by atoms with Gasteiger partial charge in [-0.2, -0.15) is 9.97 Å². The Balaban J connectivity index is 0.00000204. The van der Waals surface area contributed by atoms with Crippen molar-refractivity contribution in [2.24, 2.45) is 0 Å². The molecule has 32 heavy (non-hydrogen) atoms. The fourth-order valence-electron chi connectivity index (χ4n) is 3.22. The van der Waals surface area contributed by atoms with E-state index >= 15 is 0 Å². The lowest BCUT2D eigenvalue weighted by molar-refractivity contribution is 0.301. The molecule has 168 valence electrons. The van der Waals surface area contributed by atoms with E-state index in [1.807, 2.05) is 6.92 Å². The Kier molecular flexibility index (Phi) is 6.12. The zero-order valence-corrected chi connectivity index (χ0v) is 17.7. The number of fused-ring (bicyclic) bond motifs is 1. The number of ether oxygens (including phenoxy) is 1. The Morgan fingerprint density at radius 1 is 1.28 bits per heavy atom. The molecule has 9 heteroatoms. The Morgan fingerprint density at radius 3 is 2.88 bits per heavy atom. The fraction of sp³-hybridized carbons (Fsp3) is 0.217. The first-order chi connectivity index (χ1) is 15.5. The molecular formula is C23H28FN7O. The first-order valence-corrected chi connectivity index (χ1v) is 10.1. The van der Waals surface area contributed by atoms with Gasteiger partial charge in [-0.25, -0.2) is 13.9 Å². The van der Waals surface area contributed by atoms with Crippen molar-refractivity contribution in [3.63, 3.8) is 0 Å². The summed E-state index contributed by atoms with van der Waals surface area (Å²) in [6.45, 7) is 4.08. The largest absolute Gasteiger partial charge is 0.462 e. The second-order valence-electron chi connectivity index (χ2n) is 7.01. The lowest BCUT2D eigenvalue weighted by Gasteiger charge is -2.16. The standard InChI is InChI=1S/C23H22FN7O.3H2/c1-3-4-5-13-32-23-28-18(20-21(25)30-31-12-6-11-26-22(20)31)14-19(29-23)27-15(2)16-7-9-17(24)10-8-16;;;/h6-12,14-15H,5,13H2,1-2H3,(H2,25,30)(H,27,28,29);3*1H/t15-;;;/m0.../s1. The van der Waals surface area contributed by atoms with E-state index in [1.54, 1.807) is 48.1 Å². The van der Waals surface area contributed by atoms with Gasteiger partial charge in [0.15, 0.2) is 11.5 Å². The monoisotopic (exact) mass is 437 g/mol. The maximum atomic E-state index is 13.3. The highest BCUT2D eigenvalue weighted by Gasteiger charge is 2.18. The zero-order chi connectivity index (χ0) is 22.5. The molecule has 4 aromatic rings. The molecule has 0 aliphatic carbocycles. The highest BCUT2D eigenvalue weighted by molar-refractivity contribution is 5.85. The predicted octanol–water partition coefficient (Wildman–Crippen LogP) is 4.61. The minimum absolute atomic E-state index is 0. The zero-order valence-electron chi connectivity index (χ0n) is 17.7. The molecule has 0 amide bonds. The maximum absolute atomic E-state index is 13.3. The molecule has 3 heterocycles. The predicted molar refractivity (Wildman–Crippen MR) is 127 cm³/mol. The van der Waals surface area contributed by atoms with E-state index in [1.165, 1.54) is 12.1 Å². The molecule has 0 saturated carbocycles. The molecule has 0 unspecified atom stereocenters. The second kappa shape index (κ2) is 9.31. The minimum atomic E-state index is -0.285. The van der Waals surface area contributed by atoms with E-state index in [9.17, 15) is 4.39 Å². The van der Waals surface area contributed by atoms with Crippen LogP contribution >= 0.6 is 0 Å². The van der Waals surface area contributed by atoms with Crippen LogP contribution in [0.1, 0.15) is 36.2 Å². The van der Waals surface area contributed by atoms with Crippen molar-refractivity contribution < 1.29 is 13.4 Å². The Labute approximate surface area is 189 Å². The average Bonchev–Trinajstić information content (AvgIpc) is 3.12. The number of nitrogen functional groups attached to an aromatic ring is 1. The number of aromatic nitrogens is 5. The van der Waals surface area contributed by atoms with Gasteiger partial charge in [-0.15, -0.1) is 16.9 Å². The first kappa shape index (κ1) is 21.1. The molecule has 0 radical (unpaired) electrons. The second-order valence-corrected chi connectivity index (χ2v) is 7.01. The third kappa shape index (κ3) is 4.59. The normalized spacial score (nSPS) is 11.6. The summed E-state index contributed by atoms with van der Waals surface area (Å²) in [5.41, 5.74) is 8.78. The van der Waals surface area contributed by atoms with E-state index in [-0.39, 0.29) is 22.1 Å². The fourth-order valence-corrected chi connectivity index (χ4v) is 3.22. The molecule has 0 spiro atoms. The van der Waals surface area contributed by atoms with Gasteiger partial charge in [-0.1, -0.05) is 12.1 Å². The third-order valence-electron chi connectivity index (χ3n) is 4.75. The van der Waals surface area contributed by atoms with E-state index in [0.29, 0.717) is 41.6 Å². The molecule has 1 aromatic carbocycles. The van der Waals surface area contributed by atoms with Gasteiger partial charge in [0, 0.05) is 35.2 Å². The quantitative estimate of drug-likeness (QED) is 0.321. The molecule has 0 aliphatic rings. The molecular weight excluding hydrogens is 409 g/mol. The number of hydrogen-bond acceptors (Lipinski definition) is 7. The summed E-state index contributed by atoms with van der Waals surface area (Å²) in [5, 5.41) is 7.63. The van der Waals surface area contributed by atoms with Crippen LogP contribution in [0.25, 0.3) is 16.9 Å². The molecule has 0 aliphatic heterocycles. The Bertz CT molecular complexity index is 1310. The lowest BCUT2D eigenvalue weighted by Crippen LogP contribution is -2.10. The van der Waals surface area contributed by atoms with Gasteiger partial charge < -0.3 is 15.8 Å². The summed E-state index contributed by atoms with van der Waals surface area (Å²) < 4.78 is 20.6. The van der Waals surface area contributed by atoms with Crippen molar-refractivity contribution in [2.75, 3.05) is 17.7 Å². The summed E-state index contributed by atoms with van der Waals surface area (Å²) in [4.78, 5) is 13.4. The molecule has 0 bridgehead atoms. The molecule has 0 saturated heterocycles. The van der Waals surface area contributed by atoms with Crippen LogP contribution in [-0.4, -0.2) is 31.2 Å². The van der Waals surface area contributed by atoms with Crippen LogP contribution < -0.4 is 15.8 Å². The van der Waals surface area contributed by atoms with Gasteiger partial charge >= 0.3 is 6.01 Å². The van der Waals surface area contributed by atoms with Gasteiger partial charge in [0.1, 0.15) is 18.2 Å². The molecule has 3 aromatic heterocycles. The van der Waals surface area contributed by atoms with Crippen LogP contribution in [0.15, 0.2) is 48.8 Å². The molecule has 0 fully saturated rings. The minimum Gasteiger partial charge on any atom is -0.462 e. The summed E-state index contributed by atoms with van der Waals surface area (Å²) >= 11 is 0. The number of halogens is 1. The maximum Gasteiger partial charge on any atom is 0.318 e. The molecule has 3 N–H and O–H groups in total. The van der Waals surface area contributed by atoms with Crippen molar-refractivity contribution in [2.45, 2.75) is 26.3 Å². The van der Waals surface area contributed by atoms with Crippen LogP contribution in [0.2, 0.25) is 0 Å². The van der Waals surface area contributed by atoms with Crippen molar-refractivity contribution in [3.05, 3.63) is 60.2 Å². The van der Waals surface area contributed by atoms with E-state index < -0.39 is 0 Å². The summed E-state index contributed by atoms with van der Waals surface area (Å²) in [7, 11) is 0. The number of nitrogens with one attached hydrogen (secondary N) is 1. The topological polar surface area (TPSA) is 103 Å². The van der Waals surface area contributed by atoms with Gasteiger partial charge in [0.05, 0.1) is 11.3 Å². The van der Waals surface area contributed by atoms with Crippen LogP contribution in [0.4, 0.5) is 16.0 Å². The van der Waals surface area contributed by atoms with Crippen molar-refractivity contribution in [1.82, 2.24) is 24.6 Å². The SMILES string of the molecule is CC#CCCOc1nc(N[C@@H](C)c2ccc(F)cc2)cc(-c2c(N)nn3cccnc23)n1.[HH].[HH].[HH]. The highest BCUT2D eigenvalue weighted by Crippen LogP contribution is 2.31. The van der Waals surface area contributed by atoms with E-state index in [2.05, 4.69) is 37.2 Å². The van der Waals surface area contributed by atoms with Crippen LogP contribution in [0.3, 0.4) is 0 Å². The number of benzene rings is 1. The number of nitrogens with zero attached hydrogens (tertiary/aromatic N) is 5. The number of rotatable bonds is 7. The van der Waals surface area contributed by atoms with Crippen molar-refractivity contribution >= 4 is 17.3 Å². The summed E-state index contributed by atoms with van der Waals surface area (Å²) in [6, 6.07) is 9.87. The van der Waals surface area contributed by atoms with Crippen molar-refractivity contribution in [1.29, 1.82) is 0 Å². The first-order valence-electron chi connectivity index (χ1n) is 10.1. The van der Waals surface area contributed by atoms with E-state index in [0.717, 1.165) is 5.56 Å². The molecule has 4 rings (SSSR count). The number of anilines is 2. The highest BCUT2D eigenvalue weighted by atomic mass is 19.1. The van der Waals surface area contributed by atoms with E-state index in [4.69, 9.17) is 10.5 Å². The van der Waals surface area contributed by atoms with Gasteiger partial charge in [0.2, 0.25) is 0 Å². The van der Waals surface area contributed by atoms with Gasteiger partial charge in [0.25, 0.3) is 0 Å². The van der Waals surface area contributed by atoms with Crippen molar-refractivity contribution in [3.8, 4) is 29.1 Å². The summed E-state index contributed by atoms with van der Waals surface area (Å²) in [5.74, 6) is 6.31. The lowest BCUT2D eigenvalue weighted by atomic mass is 10.1.